The summed E-state index contributed by atoms with van der Waals surface area (Å²) in [6.45, 7) is 0.785. The van der Waals surface area contributed by atoms with Gasteiger partial charge in [-0.2, -0.15) is 0 Å². The summed E-state index contributed by atoms with van der Waals surface area (Å²) in [4.78, 5) is 24.4. The highest BCUT2D eigenvalue weighted by Gasteiger charge is 2.19. The number of benzene rings is 2. The summed E-state index contributed by atoms with van der Waals surface area (Å²) >= 11 is 0. The van der Waals surface area contributed by atoms with Gasteiger partial charge in [-0.15, -0.1) is 0 Å². The minimum Gasteiger partial charge on any atom is -0.423 e. The van der Waals surface area contributed by atoms with E-state index in [-0.39, 0.29) is 5.69 Å². The summed E-state index contributed by atoms with van der Waals surface area (Å²) < 4.78 is 5.15. The molecule has 6 heteroatoms. The van der Waals surface area contributed by atoms with Crippen molar-refractivity contribution < 1.29 is 9.34 Å². The molecule has 0 N–H and O–H groups in total. The van der Waals surface area contributed by atoms with E-state index < -0.39 is 10.5 Å². The lowest BCUT2D eigenvalue weighted by molar-refractivity contribution is -0.384. The van der Waals surface area contributed by atoms with Crippen LogP contribution in [0.15, 0.2) is 57.7 Å². The third-order valence-corrected chi connectivity index (χ3v) is 3.72. The first kappa shape index (κ1) is 15.9. The monoisotopic (exact) mass is 324 g/mol. The van der Waals surface area contributed by atoms with Crippen molar-refractivity contribution >= 4 is 16.7 Å². The number of nitrogens with zero attached hydrogens (tertiary/aromatic N) is 2. The minimum absolute atomic E-state index is 0.0169. The minimum atomic E-state index is -0.483. The van der Waals surface area contributed by atoms with Crippen LogP contribution in [0.25, 0.3) is 22.1 Å². The van der Waals surface area contributed by atoms with E-state index in [4.69, 9.17) is 4.42 Å². The number of hydrogen-bond donors (Lipinski definition) is 0. The zero-order valence-electron chi connectivity index (χ0n) is 13.4. The number of nitro benzene ring substituents is 1. The van der Waals surface area contributed by atoms with E-state index in [1.54, 1.807) is 6.07 Å². The molecule has 0 radical (unpaired) electrons. The molecule has 1 aromatic heterocycles. The van der Waals surface area contributed by atoms with Gasteiger partial charge >= 0.3 is 5.63 Å². The second kappa shape index (κ2) is 6.25. The van der Waals surface area contributed by atoms with Crippen LogP contribution in [0.1, 0.15) is 5.56 Å². The Morgan fingerprint density at radius 1 is 1.04 bits per heavy atom. The molecule has 0 amide bonds. The van der Waals surface area contributed by atoms with Gasteiger partial charge < -0.3 is 9.32 Å². The molecule has 0 aliphatic heterocycles. The van der Waals surface area contributed by atoms with Gasteiger partial charge in [0.25, 0.3) is 5.69 Å². The fourth-order valence-corrected chi connectivity index (χ4v) is 2.73. The summed E-state index contributed by atoms with van der Waals surface area (Å²) in [6, 6.07) is 13.3. The molecule has 0 saturated heterocycles. The van der Waals surface area contributed by atoms with E-state index in [1.807, 2.05) is 43.3 Å². The van der Waals surface area contributed by atoms with Crippen LogP contribution in [0, 0.1) is 10.1 Å². The van der Waals surface area contributed by atoms with Gasteiger partial charge in [0.1, 0.15) is 5.58 Å². The van der Waals surface area contributed by atoms with E-state index in [0.717, 1.165) is 12.1 Å². The summed E-state index contributed by atoms with van der Waals surface area (Å²) in [6.07, 6.45) is 0. The first-order valence-electron chi connectivity index (χ1n) is 7.41. The standard InChI is InChI=1S/C18H16N2O4/c1-19(2)11-12-3-5-13(6-4-12)18-14-7-10-17(21)24-16(14)9-8-15(18)20(22)23/h3-10H,11H2,1-2H3. The van der Waals surface area contributed by atoms with E-state index in [1.165, 1.54) is 18.2 Å². The van der Waals surface area contributed by atoms with Crippen LogP contribution in [0.3, 0.4) is 0 Å². The van der Waals surface area contributed by atoms with Gasteiger partial charge in [0.15, 0.2) is 0 Å². The molecule has 6 nitrogen and oxygen atoms in total. The zero-order chi connectivity index (χ0) is 17.3. The average molecular weight is 324 g/mol. The number of fused-ring (bicyclic) bond motifs is 1. The van der Waals surface area contributed by atoms with Gasteiger partial charge in [-0.25, -0.2) is 4.79 Å². The lowest BCUT2D eigenvalue weighted by atomic mass is 9.98. The van der Waals surface area contributed by atoms with Crippen molar-refractivity contribution in [3.05, 3.63) is 74.6 Å². The van der Waals surface area contributed by atoms with E-state index in [9.17, 15) is 14.9 Å². The number of nitro groups is 1. The molecule has 0 saturated carbocycles. The number of rotatable bonds is 4. The SMILES string of the molecule is CN(C)Cc1ccc(-c2c([N+](=O)[O-])ccc3oc(=O)ccc23)cc1. The molecule has 2 aromatic carbocycles. The van der Waals surface area contributed by atoms with Gasteiger partial charge in [-0.05, 0) is 37.4 Å². The Morgan fingerprint density at radius 3 is 2.38 bits per heavy atom. The Morgan fingerprint density at radius 2 is 1.75 bits per heavy atom. The second-order valence-electron chi connectivity index (χ2n) is 5.82. The molecule has 0 aliphatic carbocycles. The lowest BCUT2D eigenvalue weighted by Crippen LogP contribution is -2.10. The normalized spacial score (nSPS) is 11.1. The van der Waals surface area contributed by atoms with Crippen LogP contribution in [0.4, 0.5) is 5.69 Å². The molecule has 0 unspecified atom stereocenters. The highest BCUT2D eigenvalue weighted by atomic mass is 16.6. The van der Waals surface area contributed by atoms with Crippen LogP contribution in [-0.4, -0.2) is 23.9 Å². The highest BCUT2D eigenvalue weighted by Crippen LogP contribution is 2.36. The zero-order valence-corrected chi connectivity index (χ0v) is 13.4. The molecule has 0 bridgehead atoms. The third-order valence-electron chi connectivity index (χ3n) is 3.72. The summed E-state index contributed by atoms with van der Waals surface area (Å²) in [7, 11) is 3.96. The van der Waals surface area contributed by atoms with Crippen molar-refractivity contribution in [2.24, 2.45) is 0 Å². The molecular formula is C18H16N2O4. The first-order valence-corrected chi connectivity index (χ1v) is 7.41. The molecule has 0 atom stereocenters. The maximum atomic E-state index is 11.4. The molecule has 3 rings (SSSR count). The van der Waals surface area contributed by atoms with Crippen molar-refractivity contribution in [2.75, 3.05) is 14.1 Å². The second-order valence-corrected chi connectivity index (χ2v) is 5.82. The molecular weight excluding hydrogens is 308 g/mol. The van der Waals surface area contributed by atoms with Gasteiger partial charge in [0.2, 0.25) is 0 Å². The van der Waals surface area contributed by atoms with Crippen LogP contribution in [0.2, 0.25) is 0 Å². The van der Waals surface area contributed by atoms with Crippen molar-refractivity contribution in [1.29, 1.82) is 0 Å². The summed E-state index contributed by atoms with van der Waals surface area (Å²) in [5, 5.41) is 12.0. The summed E-state index contributed by atoms with van der Waals surface area (Å²) in [5.41, 5.74) is 2.11. The van der Waals surface area contributed by atoms with E-state index in [2.05, 4.69) is 0 Å². The molecule has 0 spiro atoms. The molecule has 122 valence electrons. The fourth-order valence-electron chi connectivity index (χ4n) is 2.73. The smallest absolute Gasteiger partial charge is 0.336 e. The Labute approximate surface area is 138 Å². The highest BCUT2D eigenvalue weighted by molar-refractivity contribution is 5.98. The Hall–Kier alpha value is -2.99. The van der Waals surface area contributed by atoms with Crippen LogP contribution < -0.4 is 5.63 Å². The Kier molecular flexibility index (Phi) is 4.14. The summed E-state index contributed by atoms with van der Waals surface area (Å²) in [5.74, 6) is 0. The largest absolute Gasteiger partial charge is 0.423 e. The maximum Gasteiger partial charge on any atom is 0.336 e. The van der Waals surface area contributed by atoms with Gasteiger partial charge in [0.05, 0.1) is 10.5 Å². The van der Waals surface area contributed by atoms with Crippen molar-refractivity contribution in [2.45, 2.75) is 6.54 Å². The van der Waals surface area contributed by atoms with Gasteiger partial charge in [0, 0.05) is 24.1 Å². The Bertz CT molecular complexity index is 959. The van der Waals surface area contributed by atoms with Crippen LogP contribution in [0.5, 0.6) is 0 Å². The molecule has 1 heterocycles. The van der Waals surface area contributed by atoms with Crippen molar-refractivity contribution in [3.63, 3.8) is 0 Å². The van der Waals surface area contributed by atoms with Crippen molar-refractivity contribution in [1.82, 2.24) is 4.90 Å². The predicted molar refractivity (Wildman–Crippen MR) is 92.0 cm³/mol. The quantitative estimate of drug-likeness (QED) is 0.417. The topological polar surface area (TPSA) is 76.6 Å². The van der Waals surface area contributed by atoms with E-state index >= 15 is 0 Å². The van der Waals surface area contributed by atoms with Gasteiger partial charge in [-0.1, -0.05) is 24.3 Å². The van der Waals surface area contributed by atoms with Crippen LogP contribution >= 0.6 is 0 Å². The molecule has 24 heavy (non-hydrogen) atoms. The van der Waals surface area contributed by atoms with Gasteiger partial charge in [-0.3, -0.25) is 10.1 Å². The third kappa shape index (κ3) is 3.04. The number of hydrogen-bond acceptors (Lipinski definition) is 5. The van der Waals surface area contributed by atoms with Crippen molar-refractivity contribution in [3.8, 4) is 11.1 Å². The first-order chi connectivity index (χ1) is 11.5. The lowest BCUT2D eigenvalue weighted by Gasteiger charge is -2.11. The van der Waals surface area contributed by atoms with E-state index in [0.29, 0.717) is 22.1 Å². The predicted octanol–water partition coefficient (Wildman–Crippen LogP) is 3.43. The molecule has 0 fully saturated rings. The maximum absolute atomic E-state index is 11.4. The molecule has 3 aromatic rings. The fraction of sp³-hybridized carbons (Fsp3) is 0.167. The van der Waals surface area contributed by atoms with Crippen LogP contribution in [-0.2, 0) is 6.54 Å². The Balaban J connectivity index is 2.21. The average Bonchev–Trinajstić information content (AvgIpc) is 2.53. The molecule has 0 aliphatic rings.